The van der Waals surface area contributed by atoms with Crippen LogP contribution in [0.4, 0.5) is 0 Å². The summed E-state index contributed by atoms with van der Waals surface area (Å²) in [6.07, 6.45) is 6.47. The van der Waals surface area contributed by atoms with Crippen molar-refractivity contribution in [3.8, 4) is 0 Å². The van der Waals surface area contributed by atoms with Crippen LogP contribution in [0.3, 0.4) is 0 Å². The molecule has 0 saturated heterocycles. The Labute approximate surface area is 106 Å². The maximum atomic E-state index is 5.17. The molecule has 2 aromatic rings. The van der Waals surface area contributed by atoms with Crippen LogP contribution in [-0.2, 0) is 12.8 Å². The molecule has 0 aromatic carbocycles. The Morgan fingerprint density at radius 1 is 1.41 bits per heavy atom. The van der Waals surface area contributed by atoms with E-state index in [0.717, 1.165) is 30.8 Å². The van der Waals surface area contributed by atoms with E-state index in [1.807, 2.05) is 18.3 Å². The largest absolute Gasteiger partial charge is 0.347 e. The second-order valence-corrected chi connectivity index (χ2v) is 4.40. The van der Waals surface area contributed by atoms with E-state index in [-0.39, 0.29) is 0 Å². The number of rotatable bonds is 4. The van der Waals surface area contributed by atoms with Crippen molar-refractivity contribution in [2.45, 2.75) is 26.2 Å². The van der Waals surface area contributed by atoms with Crippen molar-refractivity contribution in [2.24, 2.45) is 0 Å². The lowest BCUT2D eigenvalue weighted by Crippen LogP contribution is -2.00. The van der Waals surface area contributed by atoms with Crippen molar-refractivity contribution in [3.05, 3.63) is 52.3 Å². The topological polar surface area (TPSA) is 41.6 Å². The van der Waals surface area contributed by atoms with Gasteiger partial charge in [0.25, 0.3) is 0 Å². The fourth-order valence-corrected chi connectivity index (χ4v) is 1.99. The average molecular weight is 245 g/mol. The van der Waals surface area contributed by atoms with E-state index in [9.17, 15) is 0 Å². The standard InChI is InChI=1S/C13H15N3S/c1-2-4-12-15-11(8-13(17)16-12)7-10-5-3-6-14-9-10/h3,5-6,8-9H,2,4,7H2,1H3,(H,15,16,17). The van der Waals surface area contributed by atoms with Gasteiger partial charge < -0.3 is 4.98 Å². The number of aromatic nitrogens is 3. The first kappa shape index (κ1) is 11.9. The number of aromatic amines is 1. The van der Waals surface area contributed by atoms with Crippen LogP contribution in [0.15, 0.2) is 30.6 Å². The van der Waals surface area contributed by atoms with E-state index >= 15 is 0 Å². The Bertz CT molecular complexity index is 534. The maximum absolute atomic E-state index is 5.17. The summed E-state index contributed by atoms with van der Waals surface area (Å²) in [7, 11) is 0. The molecule has 2 heterocycles. The van der Waals surface area contributed by atoms with Gasteiger partial charge in [-0.2, -0.15) is 0 Å². The zero-order chi connectivity index (χ0) is 12.1. The van der Waals surface area contributed by atoms with Gasteiger partial charge in [-0.3, -0.25) is 4.98 Å². The van der Waals surface area contributed by atoms with Crippen LogP contribution in [-0.4, -0.2) is 15.0 Å². The normalized spacial score (nSPS) is 10.4. The van der Waals surface area contributed by atoms with Crippen LogP contribution in [0.5, 0.6) is 0 Å². The van der Waals surface area contributed by atoms with Crippen molar-refractivity contribution < 1.29 is 0 Å². The van der Waals surface area contributed by atoms with E-state index in [1.165, 1.54) is 5.56 Å². The van der Waals surface area contributed by atoms with Gasteiger partial charge in [-0.05, 0) is 24.1 Å². The first-order valence-electron chi connectivity index (χ1n) is 5.76. The van der Waals surface area contributed by atoms with Gasteiger partial charge in [0.15, 0.2) is 0 Å². The van der Waals surface area contributed by atoms with E-state index in [1.54, 1.807) is 6.20 Å². The molecule has 17 heavy (non-hydrogen) atoms. The van der Waals surface area contributed by atoms with Gasteiger partial charge in [-0.15, -0.1) is 0 Å². The lowest BCUT2D eigenvalue weighted by atomic mass is 10.1. The number of pyridine rings is 1. The third kappa shape index (κ3) is 3.46. The maximum Gasteiger partial charge on any atom is 0.129 e. The first-order valence-corrected chi connectivity index (χ1v) is 6.17. The van der Waals surface area contributed by atoms with Crippen LogP contribution in [0.1, 0.15) is 30.4 Å². The van der Waals surface area contributed by atoms with Crippen molar-refractivity contribution in [1.82, 2.24) is 15.0 Å². The second-order valence-electron chi connectivity index (χ2n) is 3.98. The average Bonchev–Trinajstić information content (AvgIpc) is 2.30. The predicted molar refractivity (Wildman–Crippen MR) is 70.5 cm³/mol. The highest BCUT2D eigenvalue weighted by atomic mass is 32.1. The predicted octanol–water partition coefficient (Wildman–Crippen LogP) is 3.08. The molecule has 2 rings (SSSR count). The molecule has 0 saturated carbocycles. The molecule has 3 nitrogen and oxygen atoms in total. The second kappa shape index (κ2) is 5.68. The molecule has 0 unspecified atom stereocenters. The highest BCUT2D eigenvalue weighted by Crippen LogP contribution is 2.07. The van der Waals surface area contributed by atoms with Crippen molar-refractivity contribution in [2.75, 3.05) is 0 Å². The lowest BCUT2D eigenvalue weighted by Gasteiger charge is -2.05. The van der Waals surface area contributed by atoms with Crippen molar-refractivity contribution in [3.63, 3.8) is 0 Å². The van der Waals surface area contributed by atoms with Crippen LogP contribution < -0.4 is 0 Å². The highest BCUT2D eigenvalue weighted by molar-refractivity contribution is 7.71. The summed E-state index contributed by atoms with van der Waals surface area (Å²) in [6, 6.07) is 5.92. The number of nitrogens with zero attached hydrogens (tertiary/aromatic N) is 2. The number of aryl methyl sites for hydroxylation is 1. The molecule has 0 radical (unpaired) electrons. The summed E-state index contributed by atoms with van der Waals surface area (Å²) < 4.78 is 0.658. The molecule has 88 valence electrons. The summed E-state index contributed by atoms with van der Waals surface area (Å²) >= 11 is 5.17. The van der Waals surface area contributed by atoms with E-state index in [0.29, 0.717) is 4.64 Å². The quantitative estimate of drug-likeness (QED) is 0.842. The minimum atomic E-state index is 0.658. The first-order chi connectivity index (χ1) is 8.28. The zero-order valence-corrected chi connectivity index (χ0v) is 10.6. The molecule has 0 bridgehead atoms. The van der Waals surface area contributed by atoms with Gasteiger partial charge in [0.05, 0.1) is 0 Å². The summed E-state index contributed by atoms with van der Waals surface area (Å²) in [4.78, 5) is 11.7. The Balaban J connectivity index is 2.24. The minimum Gasteiger partial charge on any atom is -0.347 e. The molecule has 0 aliphatic rings. The third-order valence-electron chi connectivity index (χ3n) is 2.45. The zero-order valence-electron chi connectivity index (χ0n) is 9.81. The van der Waals surface area contributed by atoms with Crippen LogP contribution in [0.2, 0.25) is 0 Å². The monoisotopic (exact) mass is 245 g/mol. The summed E-state index contributed by atoms with van der Waals surface area (Å²) in [5, 5.41) is 0. The highest BCUT2D eigenvalue weighted by Gasteiger charge is 2.00. The summed E-state index contributed by atoms with van der Waals surface area (Å²) in [5.74, 6) is 0.971. The molecular weight excluding hydrogens is 230 g/mol. The number of hydrogen-bond donors (Lipinski definition) is 1. The van der Waals surface area contributed by atoms with Crippen LogP contribution in [0, 0.1) is 4.64 Å². The molecule has 2 aromatic heterocycles. The van der Waals surface area contributed by atoms with Crippen molar-refractivity contribution in [1.29, 1.82) is 0 Å². The Morgan fingerprint density at radius 3 is 3.00 bits per heavy atom. The number of H-pyrrole nitrogens is 1. The van der Waals surface area contributed by atoms with Gasteiger partial charge in [-0.1, -0.05) is 25.2 Å². The smallest absolute Gasteiger partial charge is 0.129 e. The van der Waals surface area contributed by atoms with Gasteiger partial charge in [0.2, 0.25) is 0 Å². The minimum absolute atomic E-state index is 0.658. The van der Waals surface area contributed by atoms with Gasteiger partial charge in [-0.25, -0.2) is 4.98 Å². The Hall–Kier alpha value is -1.55. The van der Waals surface area contributed by atoms with E-state index in [4.69, 9.17) is 12.2 Å². The third-order valence-corrected chi connectivity index (χ3v) is 2.66. The fourth-order valence-electron chi connectivity index (χ4n) is 1.74. The van der Waals surface area contributed by atoms with Gasteiger partial charge in [0.1, 0.15) is 10.5 Å². The number of nitrogens with one attached hydrogen (secondary N) is 1. The van der Waals surface area contributed by atoms with Gasteiger partial charge >= 0.3 is 0 Å². The Kier molecular flexibility index (Phi) is 3.98. The molecule has 0 amide bonds. The number of hydrogen-bond acceptors (Lipinski definition) is 3. The SMILES string of the molecule is CCCc1nc(=S)cc(Cc2cccnc2)[nH]1. The fraction of sp³-hybridized carbons (Fsp3) is 0.308. The van der Waals surface area contributed by atoms with Crippen molar-refractivity contribution >= 4 is 12.2 Å². The Morgan fingerprint density at radius 2 is 2.29 bits per heavy atom. The molecule has 1 N–H and O–H groups in total. The van der Waals surface area contributed by atoms with E-state index in [2.05, 4.69) is 27.9 Å². The van der Waals surface area contributed by atoms with E-state index < -0.39 is 0 Å². The molecule has 0 fully saturated rings. The molecule has 0 atom stereocenters. The molecule has 0 aliphatic carbocycles. The molecule has 4 heteroatoms. The van der Waals surface area contributed by atoms with Crippen LogP contribution in [0.25, 0.3) is 0 Å². The molecular formula is C13H15N3S. The van der Waals surface area contributed by atoms with Crippen LogP contribution >= 0.6 is 12.2 Å². The molecule has 0 spiro atoms. The lowest BCUT2D eigenvalue weighted by molar-refractivity contribution is 0.813. The summed E-state index contributed by atoms with van der Waals surface area (Å²) in [6.45, 7) is 2.13. The van der Waals surface area contributed by atoms with Gasteiger partial charge in [0, 0.05) is 30.9 Å². The summed E-state index contributed by atoms with van der Waals surface area (Å²) in [5.41, 5.74) is 2.27. The molecule has 0 aliphatic heterocycles.